The first kappa shape index (κ1) is 70.9. The van der Waals surface area contributed by atoms with E-state index in [2.05, 4.69) is 53.1 Å². The van der Waals surface area contributed by atoms with Crippen LogP contribution in [0.4, 0.5) is 31.4 Å². The van der Waals surface area contributed by atoms with E-state index in [1.807, 2.05) is 13.0 Å². The topological polar surface area (TPSA) is 368 Å². The van der Waals surface area contributed by atoms with Crippen LogP contribution in [0.15, 0.2) is 58.6 Å². The minimum absolute atomic E-state index is 0.0100. The van der Waals surface area contributed by atoms with Crippen LogP contribution in [0.2, 0.25) is 5.02 Å². The highest BCUT2D eigenvalue weighted by Gasteiger charge is 2.64. The Hall–Kier alpha value is -7.19. The minimum Gasteiger partial charge on any atom is -0.495 e. The number of halogens is 2. The highest BCUT2D eigenvalue weighted by Crippen LogP contribution is 2.49. The number of thiocarbonyl (C=S) groups is 1. The number of hydrogen-bond acceptors (Lipinski definition) is 19. The Balaban J connectivity index is 1.09. The monoisotopic (exact) mass is 1350 g/mol. The summed E-state index contributed by atoms with van der Waals surface area (Å²) in [5.41, 5.74) is 4.40. The lowest BCUT2D eigenvalue weighted by atomic mass is 9.83. The van der Waals surface area contributed by atoms with Crippen molar-refractivity contribution < 1.29 is 86.3 Å². The van der Waals surface area contributed by atoms with Gasteiger partial charge < -0.3 is 80.3 Å². The highest BCUT2D eigenvalue weighted by atomic mass is 79.9. The number of epoxide rings is 1. The number of allylic oxidation sites excluding steroid dienone is 3. The van der Waals surface area contributed by atoms with Crippen LogP contribution in [0.25, 0.3) is 0 Å². The molecule has 9 atom stereocenters. The van der Waals surface area contributed by atoms with Gasteiger partial charge in [0.15, 0.2) is 10.8 Å². The molecule has 6 rings (SSSR count). The first-order valence-corrected chi connectivity index (χ1v) is 30.3. The van der Waals surface area contributed by atoms with Gasteiger partial charge in [-0.1, -0.05) is 56.2 Å². The molecule has 9 unspecified atom stereocenters. The molecule has 4 heterocycles. The Labute approximate surface area is 533 Å². The Bertz CT molecular complexity index is 3020. The van der Waals surface area contributed by atoms with E-state index in [0.29, 0.717) is 22.9 Å². The van der Waals surface area contributed by atoms with E-state index >= 15 is 0 Å². The summed E-state index contributed by atoms with van der Waals surface area (Å²) in [6.07, 6.45) is -0.778. The number of alkyl carbamates (subject to hydrolysis) is 1. The number of hydroxylamine groups is 2. The van der Waals surface area contributed by atoms with Crippen LogP contribution >= 0.6 is 39.7 Å². The largest absolute Gasteiger partial charge is 0.495 e. The molecule has 0 spiro atoms. The van der Waals surface area contributed by atoms with E-state index in [1.165, 1.54) is 44.4 Å². The van der Waals surface area contributed by atoms with Gasteiger partial charge in [-0.3, -0.25) is 34.6 Å². The maximum absolute atomic E-state index is 14.5. The number of methoxy groups -OCH3 is 2. The fraction of sp³-hybridized carbons (Fsp3) is 0.552. The molecule has 4 aliphatic rings. The molecule has 3 saturated heterocycles. The molecule has 10 N–H and O–H groups in total. The van der Waals surface area contributed by atoms with Crippen molar-refractivity contribution in [1.82, 2.24) is 31.6 Å². The summed E-state index contributed by atoms with van der Waals surface area (Å²) in [5.74, 6) is -4.29. The Morgan fingerprint density at radius 2 is 1.66 bits per heavy atom. The van der Waals surface area contributed by atoms with Crippen molar-refractivity contribution >= 4 is 116 Å². The summed E-state index contributed by atoms with van der Waals surface area (Å²) in [6.45, 7) is 9.66. The summed E-state index contributed by atoms with van der Waals surface area (Å²) < 4.78 is 40.6. The zero-order valence-electron chi connectivity index (χ0n) is 50.7. The van der Waals surface area contributed by atoms with Crippen molar-refractivity contribution in [2.24, 2.45) is 17.6 Å². The summed E-state index contributed by atoms with van der Waals surface area (Å²) >= 11 is 15.8. The van der Waals surface area contributed by atoms with E-state index < -0.39 is 114 Å². The molecule has 3 fully saturated rings. The normalized spacial score (nSPS) is 23.4. The average Bonchev–Trinajstić information content (AvgIpc) is 1.59. The number of aliphatic hydroxyl groups is 1. The molecule has 9 amide bonds. The van der Waals surface area contributed by atoms with Gasteiger partial charge >= 0.3 is 24.2 Å². The standard InChI is InChI=1S/C58H78BrClN10O18S/c1-31(2)49(67-54(89)63-20-22-84-24-23-83-21-18-47(74)88-70-44(71)16-17-45(70)72)52(76)65-38(12-10-19-62-53(61)77)51(75)64-35-14-15-37(36(59)28-35)66-55(78)86-43-29-46(73)69(6)39-26-34(27-40(81-7)48(39)60)25-32(3)11-9-13-42(82-8)58(80)30-41(85-56(79)68-58)33(4)50-57(43,5)87-50/h9,11,13-15,26-28,31,33,38,41-43,49-50,80H,10,12,16-25,29-30H2,1-8H3,(H,64,75)(H,65,76)(H,66,78)(H,68,79)(H3,61,62,77)(H2,63,67,89). The quantitative estimate of drug-likeness (QED) is 0.0302. The number of ether oxygens (including phenoxy) is 7. The molecule has 4 aliphatic heterocycles. The molecule has 89 heavy (non-hydrogen) atoms. The van der Waals surface area contributed by atoms with E-state index in [0.717, 1.165) is 11.1 Å². The van der Waals surface area contributed by atoms with Gasteiger partial charge in [0, 0.05) is 62.6 Å². The van der Waals surface area contributed by atoms with Crippen molar-refractivity contribution in [2.75, 3.05) is 76.3 Å². The number of nitrogens with one attached hydrogen (secondary N) is 7. The van der Waals surface area contributed by atoms with E-state index in [1.54, 1.807) is 52.0 Å². The second kappa shape index (κ2) is 32.5. The molecule has 488 valence electrons. The minimum atomic E-state index is -1.91. The smallest absolute Gasteiger partial charge is 0.412 e. The SMILES string of the molecule is COc1cc2cc(c1Cl)N(C)C(=O)CC(OC(=O)Nc1ccc(NC(=O)C(CCCNC(N)=O)NC(=O)C(NC(=S)NCCOCCOCCC(=O)ON3C(=O)CCC3=O)C(C)C)cc1Br)C1(C)OC1C(C)C1CC(O)(NC(=O)O1)C(OC)C=CC=C(C)C2. The summed E-state index contributed by atoms with van der Waals surface area (Å²) in [7, 11) is 4.39. The van der Waals surface area contributed by atoms with Gasteiger partial charge in [0.2, 0.25) is 17.7 Å². The van der Waals surface area contributed by atoms with Gasteiger partial charge in [0.1, 0.15) is 46.8 Å². The second-order valence-corrected chi connectivity index (χ2v) is 23.8. The van der Waals surface area contributed by atoms with Gasteiger partial charge in [-0.05, 0) is 103 Å². The molecule has 0 radical (unpaired) electrons. The number of rotatable bonds is 24. The number of benzene rings is 2. The van der Waals surface area contributed by atoms with Crippen LogP contribution in [0.5, 0.6) is 5.75 Å². The van der Waals surface area contributed by atoms with Crippen molar-refractivity contribution in [3.63, 3.8) is 0 Å². The fourth-order valence-corrected chi connectivity index (χ4v) is 11.1. The van der Waals surface area contributed by atoms with Crippen LogP contribution in [0.1, 0.15) is 85.1 Å². The fourth-order valence-electron chi connectivity index (χ4n) is 10.1. The summed E-state index contributed by atoms with van der Waals surface area (Å²) in [4.78, 5) is 122. The van der Waals surface area contributed by atoms with Crippen LogP contribution in [0.3, 0.4) is 0 Å². The van der Waals surface area contributed by atoms with Crippen molar-refractivity contribution in [2.45, 2.75) is 134 Å². The molecule has 0 saturated carbocycles. The van der Waals surface area contributed by atoms with Crippen LogP contribution in [0, 0.1) is 11.8 Å². The number of primary amides is 1. The van der Waals surface area contributed by atoms with Crippen molar-refractivity contribution in [3.8, 4) is 5.75 Å². The molecular formula is C58H78BrClN10O18S. The zero-order valence-corrected chi connectivity index (χ0v) is 53.8. The van der Waals surface area contributed by atoms with Crippen LogP contribution in [-0.4, -0.2) is 178 Å². The first-order chi connectivity index (χ1) is 42.2. The predicted octanol–water partition coefficient (Wildman–Crippen LogP) is 4.53. The van der Waals surface area contributed by atoms with E-state index in [9.17, 15) is 48.3 Å². The third kappa shape index (κ3) is 19.9. The number of nitrogens with zero attached hydrogens (tertiary/aromatic N) is 2. The molecule has 2 aromatic carbocycles. The second-order valence-electron chi connectivity index (χ2n) is 22.1. The Morgan fingerprint density at radius 3 is 2.33 bits per heavy atom. The molecule has 4 bridgehead atoms. The Morgan fingerprint density at radius 1 is 0.955 bits per heavy atom. The third-order valence-electron chi connectivity index (χ3n) is 15.1. The number of hydrogen-bond donors (Lipinski definition) is 9. The average molecular weight is 1350 g/mol. The number of imide groups is 1. The van der Waals surface area contributed by atoms with Crippen molar-refractivity contribution in [1.29, 1.82) is 0 Å². The van der Waals surface area contributed by atoms with Gasteiger partial charge in [0.05, 0.1) is 63.9 Å². The number of nitrogens with two attached hydrogens (primary N) is 1. The molecular weight excluding hydrogens is 1270 g/mol. The number of carbonyl (C=O) groups excluding carboxylic acids is 9. The van der Waals surface area contributed by atoms with Gasteiger partial charge in [-0.15, -0.1) is 5.06 Å². The lowest BCUT2D eigenvalue weighted by molar-refractivity contribution is -0.198. The first-order valence-electron chi connectivity index (χ1n) is 28.7. The highest BCUT2D eigenvalue weighted by molar-refractivity contribution is 9.10. The maximum atomic E-state index is 14.5. The Kier molecular flexibility index (Phi) is 25.9. The number of fused-ring (bicyclic) bond motifs is 5. The lowest BCUT2D eigenvalue weighted by Crippen LogP contribution is -2.63. The molecule has 0 aliphatic carbocycles. The zero-order chi connectivity index (χ0) is 65.3. The third-order valence-corrected chi connectivity index (χ3v) is 16.4. The van der Waals surface area contributed by atoms with Gasteiger partial charge in [0.25, 0.3) is 11.8 Å². The van der Waals surface area contributed by atoms with E-state index in [4.69, 9.17) is 67.5 Å². The maximum Gasteiger partial charge on any atom is 0.412 e. The molecule has 28 nitrogen and oxygen atoms in total. The summed E-state index contributed by atoms with van der Waals surface area (Å²) in [5, 5.41) is 31.9. The number of anilines is 3. The van der Waals surface area contributed by atoms with E-state index in [-0.39, 0.29) is 110 Å². The van der Waals surface area contributed by atoms with Crippen LogP contribution < -0.4 is 52.6 Å². The number of urea groups is 1. The molecule has 0 aromatic heterocycles. The summed E-state index contributed by atoms with van der Waals surface area (Å²) in [6, 6.07) is 5.14. The van der Waals surface area contributed by atoms with Crippen molar-refractivity contribution in [3.05, 3.63) is 69.2 Å². The predicted molar refractivity (Wildman–Crippen MR) is 330 cm³/mol. The number of carbonyl (C=O) groups is 9. The molecule has 31 heteroatoms. The van der Waals surface area contributed by atoms with Crippen LogP contribution in [-0.2, 0) is 68.4 Å². The van der Waals surface area contributed by atoms with Gasteiger partial charge in [-0.2, -0.15) is 0 Å². The molecule has 2 aromatic rings. The van der Waals surface area contributed by atoms with Gasteiger partial charge in [-0.25, -0.2) is 19.2 Å². The number of amides is 9. The lowest BCUT2D eigenvalue weighted by Gasteiger charge is -2.42.